The van der Waals surface area contributed by atoms with Crippen molar-refractivity contribution in [3.8, 4) is 0 Å². The van der Waals surface area contributed by atoms with Crippen molar-refractivity contribution >= 4 is 5.69 Å². The molecule has 2 rings (SSSR count). The van der Waals surface area contributed by atoms with Crippen molar-refractivity contribution in [2.24, 2.45) is 11.1 Å². The van der Waals surface area contributed by atoms with E-state index in [0.717, 1.165) is 6.42 Å². The van der Waals surface area contributed by atoms with Gasteiger partial charge in [-0.2, -0.15) is 0 Å². The average molecular weight is 274 g/mol. The van der Waals surface area contributed by atoms with Crippen molar-refractivity contribution in [3.05, 3.63) is 29.8 Å². The van der Waals surface area contributed by atoms with Crippen LogP contribution in [0.25, 0.3) is 0 Å². The largest absolute Gasteiger partial charge is 0.372 e. The zero-order valence-electron chi connectivity index (χ0n) is 13.5. The van der Waals surface area contributed by atoms with Crippen LogP contribution in [-0.4, -0.2) is 13.1 Å². The highest BCUT2D eigenvalue weighted by Crippen LogP contribution is 2.37. The van der Waals surface area contributed by atoms with E-state index in [2.05, 4.69) is 57.0 Å². The van der Waals surface area contributed by atoms with Crippen LogP contribution in [0.5, 0.6) is 0 Å². The van der Waals surface area contributed by atoms with Crippen LogP contribution in [0, 0.1) is 5.41 Å². The van der Waals surface area contributed by atoms with Gasteiger partial charge in [0, 0.05) is 24.8 Å². The Bertz CT molecular complexity index is 412. The molecule has 1 fully saturated rings. The Morgan fingerprint density at radius 1 is 1.20 bits per heavy atom. The van der Waals surface area contributed by atoms with Gasteiger partial charge in [0.15, 0.2) is 0 Å². The van der Waals surface area contributed by atoms with Gasteiger partial charge in [-0.25, -0.2) is 0 Å². The zero-order valence-corrected chi connectivity index (χ0v) is 13.5. The molecule has 1 aromatic carbocycles. The Morgan fingerprint density at radius 3 is 2.25 bits per heavy atom. The number of hydrogen-bond donors (Lipinski definition) is 1. The fourth-order valence-corrected chi connectivity index (χ4v) is 3.17. The van der Waals surface area contributed by atoms with Crippen LogP contribution in [0.3, 0.4) is 0 Å². The lowest BCUT2D eigenvalue weighted by molar-refractivity contribution is 0.222. The maximum Gasteiger partial charge on any atom is 0.0366 e. The highest BCUT2D eigenvalue weighted by atomic mass is 15.1. The molecule has 0 unspecified atom stereocenters. The molecule has 1 aliphatic rings. The highest BCUT2D eigenvalue weighted by Gasteiger charge is 2.28. The Kier molecular flexibility index (Phi) is 4.74. The third kappa shape index (κ3) is 3.54. The van der Waals surface area contributed by atoms with Crippen molar-refractivity contribution < 1.29 is 0 Å². The van der Waals surface area contributed by atoms with Crippen LogP contribution in [0.2, 0.25) is 0 Å². The van der Waals surface area contributed by atoms with Crippen molar-refractivity contribution in [1.29, 1.82) is 0 Å². The minimum absolute atomic E-state index is 0.171. The van der Waals surface area contributed by atoms with Crippen molar-refractivity contribution in [2.45, 2.75) is 65.0 Å². The van der Waals surface area contributed by atoms with Gasteiger partial charge in [-0.05, 0) is 55.2 Å². The summed E-state index contributed by atoms with van der Waals surface area (Å²) in [5, 5.41) is 0. The average Bonchev–Trinajstić information content (AvgIpc) is 2.46. The second-order valence-electron chi connectivity index (χ2n) is 7.11. The van der Waals surface area contributed by atoms with Crippen molar-refractivity contribution in [1.82, 2.24) is 0 Å². The van der Waals surface area contributed by atoms with Crippen molar-refractivity contribution in [2.75, 3.05) is 11.9 Å². The topological polar surface area (TPSA) is 29.3 Å². The maximum absolute atomic E-state index is 6.08. The van der Waals surface area contributed by atoms with E-state index in [1.165, 1.54) is 36.9 Å². The fraction of sp³-hybridized carbons (Fsp3) is 0.667. The number of anilines is 1. The normalized spacial score (nSPS) is 20.6. The fourth-order valence-electron chi connectivity index (χ4n) is 3.17. The summed E-state index contributed by atoms with van der Waals surface area (Å²) in [5.74, 6) is 0. The molecular weight excluding hydrogens is 244 g/mol. The van der Waals surface area contributed by atoms with E-state index in [9.17, 15) is 0 Å². The minimum Gasteiger partial charge on any atom is -0.372 e. The molecule has 0 aromatic heterocycles. The highest BCUT2D eigenvalue weighted by molar-refractivity contribution is 5.48. The molecule has 1 aromatic rings. The van der Waals surface area contributed by atoms with E-state index in [0.29, 0.717) is 11.5 Å². The van der Waals surface area contributed by atoms with E-state index in [4.69, 9.17) is 5.73 Å². The van der Waals surface area contributed by atoms with E-state index in [1.807, 2.05) is 0 Å². The minimum atomic E-state index is 0.171. The predicted octanol–water partition coefficient (Wildman–Crippen LogP) is 4.50. The maximum atomic E-state index is 6.08. The molecule has 1 atom stereocenters. The van der Waals surface area contributed by atoms with Crippen LogP contribution in [0.4, 0.5) is 5.69 Å². The van der Waals surface area contributed by atoms with Gasteiger partial charge < -0.3 is 10.6 Å². The summed E-state index contributed by atoms with van der Waals surface area (Å²) >= 11 is 0. The molecule has 0 amide bonds. The smallest absolute Gasteiger partial charge is 0.0366 e. The number of benzene rings is 1. The van der Waals surface area contributed by atoms with E-state index < -0.39 is 0 Å². The summed E-state index contributed by atoms with van der Waals surface area (Å²) in [6.45, 7) is 6.92. The lowest BCUT2D eigenvalue weighted by atomic mass is 9.75. The Balaban J connectivity index is 2.01. The van der Waals surface area contributed by atoms with Crippen LogP contribution in [0.1, 0.15) is 64.5 Å². The second kappa shape index (κ2) is 6.17. The van der Waals surface area contributed by atoms with Gasteiger partial charge in [0.25, 0.3) is 0 Å². The summed E-state index contributed by atoms with van der Waals surface area (Å²) in [5.41, 5.74) is 9.18. The molecular formula is C18H30N2. The van der Waals surface area contributed by atoms with Crippen LogP contribution in [0.15, 0.2) is 24.3 Å². The Hall–Kier alpha value is -1.02. The first-order valence-electron chi connectivity index (χ1n) is 8.01. The van der Waals surface area contributed by atoms with E-state index in [-0.39, 0.29) is 6.04 Å². The van der Waals surface area contributed by atoms with Crippen LogP contribution >= 0.6 is 0 Å². The number of nitrogens with two attached hydrogens (primary N) is 1. The third-order valence-corrected chi connectivity index (χ3v) is 5.02. The first-order valence-corrected chi connectivity index (χ1v) is 8.01. The molecule has 0 spiro atoms. The summed E-state index contributed by atoms with van der Waals surface area (Å²) in [7, 11) is 2.23. The van der Waals surface area contributed by atoms with Crippen molar-refractivity contribution in [3.63, 3.8) is 0 Å². The first-order chi connectivity index (χ1) is 9.43. The quantitative estimate of drug-likeness (QED) is 0.875. The molecule has 0 radical (unpaired) electrons. The van der Waals surface area contributed by atoms with Gasteiger partial charge in [0.2, 0.25) is 0 Å². The van der Waals surface area contributed by atoms with Gasteiger partial charge >= 0.3 is 0 Å². The first kappa shape index (κ1) is 15.4. The molecule has 2 heteroatoms. The monoisotopic (exact) mass is 274 g/mol. The zero-order chi connectivity index (χ0) is 14.8. The number of nitrogens with zero attached hydrogens (tertiary/aromatic N) is 1. The molecule has 0 bridgehead atoms. The summed E-state index contributed by atoms with van der Waals surface area (Å²) < 4.78 is 0. The number of rotatable bonds is 4. The van der Waals surface area contributed by atoms with Gasteiger partial charge in [0.05, 0.1) is 0 Å². The van der Waals surface area contributed by atoms with Gasteiger partial charge in [-0.3, -0.25) is 0 Å². The van der Waals surface area contributed by atoms with Crippen LogP contribution < -0.4 is 10.6 Å². The summed E-state index contributed by atoms with van der Waals surface area (Å²) in [6, 6.07) is 9.69. The van der Waals surface area contributed by atoms with Gasteiger partial charge in [-0.1, -0.05) is 32.9 Å². The molecule has 0 heterocycles. The van der Waals surface area contributed by atoms with Gasteiger partial charge in [0.1, 0.15) is 0 Å². The van der Waals surface area contributed by atoms with Crippen LogP contribution in [-0.2, 0) is 0 Å². The Labute approximate surface area is 124 Å². The molecule has 0 saturated heterocycles. The summed E-state index contributed by atoms with van der Waals surface area (Å²) in [6.07, 6.45) is 6.27. The third-order valence-electron chi connectivity index (χ3n) is 5.02. The Morgan fingerprint density at radius 2 is 1.75 bits per heavy atom. The molecule has 1 aliphatic carbocycles. The lowest BCUT2D eigenvalue weighted by Crippen LogP contribution is -2.37. The molecule has 20 heavy (non-hydrogen) atoms. The van der Waals surface area contributed by atoms with Gasteiger partial charge in [-0.15, -0.1) is 0 Å². The molecule has 2 N–H and O–H groups in total. The lowest BCUT2D eigenvalue weighted by Gasteiger charge is -2.39. The predicted molar refractivity (Wildman–Crippen MR) is 88.1 cm³/mol. The molecule has 2 nitrogen and oxygen atoms in total. The summed E-state index contributed by atoms with van der Waals surface area (Å²) in [4.78, 5) is 2.45. The molecule has 0 aliphatic heterocycles. The molecule has 112 valence electrons. The SMILES string of the molecule is CC[C@@H](N)c1ccc(N(C)C2CCC(C)(C)CC2)cc1. The second-order valence-corrected chi connectivity index (χ2v) is 7.11. The molecule has 1 saturated carbocycles. The van der Waals surface area contributed by atoms with E-state index in [1.54, 1.807) is 0 Å². The van der Waals surface area contributed by atoms with E-state index >= 15 is 0 Å². The standard InChI is InChI=1S/C18H30N2/c1-5-17(19)14-6-8-15(9-7-14)20(4)16-10-12-18(2,3)13-11-16/h6-9,16-17H,5,10-13,19H2,1-4H3/t17-/m1/s1. The number of hydrogen-bond acceptors (Lipinski definition) is 2.